The van der Waals surface area contributed by atoms with Gasteiger partial charge in [0.15, 0.2) is 0 Å². The summed E-state index contributed by atoms with van der Waals surface area (Å²) in [6.45, 7) is 2.11. The van der Waals surface area contributed by atoms with E-state index in [9.17, 15) is 0 Å². The topological polar surface area (TPSA) is 27.0 Å². The average Bonchev–Trinajstić information content (AvgIpc) is 2.04. The van der Waals surface area contributed by atoms with Crippen LogP contribution in [0.15, 0.2) is 29.4 Å². The Morgan fingerprint density at radius 2 is 2.33 bits per heavy atom. The van der Waals surface area contributed by atoms with Crippen LogP contribution in [0.25, 0.3) is 0 Å². The van der Waals surface area contributed by atoms with Gasteiger partial charge < -0.3 is 0 Å². The second kappa shape index (κ2) is 3.92. The summed E-state index contributed by atoms with van der Waals surface area (Å²) in [7, 11) is 0. The maximum atomic E-state index is 4.24. The Morgan fingerprint density at radius 1 is 1.42 bits per heavy atom. The van der Waals surface area contributed by atoms with Crippen LogP contribution in [0.1, 0.15) is 0 Å². The van der Waals surface area contributed by atoms with Gasteiger partial charge >= 0.3 is 0 Å². The Hall–Kier alpha value is -0.540. The van der Waals surface area contributed by atoms with Crippen molar-refractivity contribution < 1.29 is 0 Å². The van der Waals surface area contributed by atoms with E-state index < -0.39 is 0 Å². The highest BCUT2D eigenvalue weighted by atomic mass is 32.2. The number of rotatable bonds is 3. The smallest absolute Gasteiger partial charge is 0.0959 e. The average molecular weight is 179 g/mol. The van der Waals surface area contributed by atoms with Crippen molar-refractivity contribution in [3.8, 4) is 0 Å². The Balaban J connectivity index is 1.79. The lowest BCUT2D eigenvalue weighted by Gasteiger charge is -2.24. The number of nitrogens with zero attached hydrogens (tertiary/aromatic N) is 2. The third-order valence-electron chi connectivity index (χ3n) is 1.88. The van der Waals surface area contributed by atoms with Crippen LogP contribution < -0.4 is 5.32 Å². The largest absolute Gasteiger partial charge is 0.250 e. The molecule has 1 radical (unpaired) electrons. The van der Waals surface area contributed by atoms with Crippen LogP contribution in [0.4, 0.5) is 0 Å². The van der Waals surface area contributed by atoms with Crippen LogP contribution in [-0.4, -0.2) is 23.8 Å². The molecule has 0 aromatic carbocycles. The van der Waals surface area contributed by atoms with Gasteiger partial charge in [-0.05, 0) is 18.1 Å². The highest BCUT2D eigenvalue weighted by Crippen LogP contribution is 2.19. The number of hydrogen-bond acceptors (Lipinski definition) is 2. The second-order valence-electron chi connectivity index (χ2n) is 2.93. The maximum Gasteiger partial charge on any atom is 0.0959 e. The number of thioether (sulfide) groups is 1. The molecule has 1 aliphatic heterocycles. The van der Waals surface area contributed by atoms with Gasteiger partial charge in [0.1, 0.15) is 0 Å². The summed E-state index contributed by atoms with van der Waals surface area (Å²) < 4.78 is 0. The van der Waals surface area contributed by atoms with Crippen molar-refractivity contribution in [3.05, 3.63) is 24.4 Å². The summed E-state index contributed by atoms with van der Waals surface area (Å²) in [6, 6.07) is 6.03. The molecule has 1 aliphatic rings. The lowest BCUT2D eigenvalue weighted by molar-refractivity contribution is 0.375. The first-order chi connectivity index (χ1) is 5.95. The van der Waals surface area contributed by atoms with Crippen LogP contribution in [0.5, 0.6) is 0 Å². The van der Waals surface area contributed by atoms with E-state index >= 15 is 0 Å². The normalized spacial score (nSPS) is 17.3. The lowest BCUT2D eigenvalue weighted by Crippen LogP contribution is -2.37. The molecule has 2 nitrogen and oxygen atoms in total. The van der Waals surface area contributed by atoms with Crippen LogP contribution in [-0.2, 0) is 0 Å². The zero-order valence-corrected chi connectivity index (χ0v) is 7.63. The first-order valence-electron chi connectivity index (χ1n) is 4.12. The SMILES string of the molecule is c1ccc(SCC2C[N]C2)nc1. The zero-order chi connectivity index (χ0) is 8.23. The van der Waals surface area contributed by atoms with Gasteiger partial charge in [-0.1, -0.05) is 6.07 Å². The number of pyridine rings is 1. The fourth-order valence-corrected chi connectivity index (χ4v) is 1.98. The first-order valence-corrected chi connectivity index (χ1v) is 5.11. The van der Waals surface area contributed by atoms with Gasteiger partial charge in [0.05, 0.1) is 5.03 Å². The third-order valence-corrected chi connectivity index (χ3v) is 3.05. The van der Waals surface area contributed by atoms with Crippen molar-refractivity contribution in [2.75, 3.05) is 18.8 Å². The molecule has 3 heteroatoms. The van der Waals surface area contributed by atoms with Crippen molar-refractivity contribution in [3.63, 3.8) is 0 Å². The van der Waals surface area contributed by atoms with Crippen LogP contribution in [0.3, 0.4) is 0 Å². The van der Waals surface area contributed by atoms with E-state index in [0.717, 1.165) is 24.0 Å². The molecule has 0 N–H and O–H groups in total. The standard InChI is InChI=1S/C9H11N2S/c1-2-4-11-9(3-1)12-7-8-5-10-6-8/h1-4,8H,5-7H2. The molecule has 0 bridgehead atoms. The van der Waals surface area contributed by atoms with Crippen molar-refractivity contribution >= 4 is 11.8 Å². The molecule has 1 saturated heterocycles. The van der Waals surface area contributed by atoms with E-state index in [-0.39, 0.29) is 0 Å². The fourth-order valence-electron chi connectivity index (χ4n) is 1.05. The van der Waals surface area contributed by atoms with Gasteiger partial charge in [-0.15, -0.1) is 11.8 Å². The fraction of sp³-hybridized carbons (Fsp3) is 0.444. The predicted molar refractivity (Wildman–Crippen MR) is 50.3 cm³/mol. The Morgan fingerprint density at radius 3 is 2.92 bits per heavy atom. The molecule has 1 aromatic rings. The van der Waals surface area contributed by atoms with Gasteiger partial charge in [-0.25, -0.2) is 10.3 Å². The minimum absolute atomic E-state index is 0.803. The van der Waals surface area contributed by atoms with E-state index in [4.69, 9.17) is 0 Å². The molecule has 12 heavy (non-hydrogen) atoms. The highest BCUT2D eigenvalue weighted by molar-refractivity contribution is 7.99. The van der Waals surface area contributed by atoms with Gasteiger partial charge in [0.25, 0.3) is 0 Å². The van der Waals surface area contributed by atoms with Crippen molar-refractivity contribution in [2.45, 2.75) is 5.03 Å². The molecular formula is C9H11N2S. The number of hydrogen-bond donors (Lipinski definition) is 0. The molecule has 0 aliphatic carbocycles. The van der Waals surface area contributed by atoms with Crippen molar-refractivity contribution in [2.24, 2.45) is 5.92 Å². The molecule has 0 saturated carbocycles. The molecule has 1 aromatic heterocycles. The van der Waals surface area contributed by atoms with E-state index in [0.29, 0.717) is 0 Å². The van der Waals surface area contributed by atoms with Crippen LogP contribution in [0.2, 0.25) is 0 Å². The lowest BCUT2D eigenvalue weighted by atomic mass is 10.1. The molecule has 0 unspecified atom stereocenters. The van der Waals surface area contributed by atoms with Crippen molar-refractivity contribution in [1.29, 1.82) is 0 Å². The van der Waals surface area contributed by atoms with Gasteiger partial charge in [0.2, 0.25) is 0 Å². The molecule has 63 valence electrons. The van der Waals surface area contributed by atoms with E-state index in [1.54, 1.807) is 0 Å². The monoisotopic (exact) mass is 179 g/mol. The maximum absolute atomic E-state index is 4.24. The molecular weight excluding hydrogens is 168 g/mol. The Kier molecular flexibility index (Phi) is 2.64. The summed E-state index contributed by atoms with van der Waals surface area (Å²) >= 11 is 1.83. The van der Waals surface area contributed by atoms with Gasteiger partial charge in [0, 0.05) is 25.0 Å². The second-order valence-corrected chi connectivity index (χ2v) is 3.97. The molecule has 0 atom stereocenters. The van der Waals surface area contributed by atoms with Gasteiger partial charge in [-0.2, -0.15) is 0 Å². The van der Waals surface area contributed by atoms with E-state index in [1.165, 1.54) is 5.75 Å². The number of aromatic nitrogens is 1. The quantitative estimate of drug-likeness (QED) is 0.656. The molecule has 1 fully saturated rings. The summed E-state index contributed by atoms with van der Waals surface area (Å²) in [6.07, 6.45) is 1.84. The molecule has 2 heterocycles. The van der Waals surface area contributed by atoms with Crippen molar-refractivity contribution in [1.82, 2.24) is 10.3 Å². The Bertz CT molecular complexity index is 234. The molecule has 2 rings (SSSR count). The Labute approximate surface area is 76.8 Å². The first kappa shape index (κ1) is 8.08. The summed E-state index contributed by atoms with van der Waals surface area (Å²) in [5.41, 5.74) is 0. The summed E-state index contributed by atoms with van der Waals surface area (Å²) in [4.78, 5) is 4.24. The van der Waals surface area contributed by atoms with E-state index in [1.807, 2.05) is 30.1 Å². The van der Waals surface area contributed by atoms with Crippen LogP contribution >= 0.6 is 11.8 Å². The third kappa shape index (κ3) is 1.99. The zero-order valence-electron chi connectivity index (χ0n) is 6.81. The highest BCUT2D eigenvalue weighted by Gasteiger charge is 2.17. The molecule has 0 amide bonds. The molecule has 0 spiro atoms. The minimum Gasteiger partial charge on any atom is -0.250 e. The summed E-state index contributed by atoms with van der Waals surface area (Å²) in [5.74, 6) is 1.97. The van der Waals surface area contributed by atoms with Gasteiger partial charge in [-0.3, -0.25) is 0 Å². The minimum atomic E-state index is 0.803. The summed E-state index contributed by atoms with van der Waals surface area (Å²) in [5, 5.41) is 5.31. The predicted octanol–water partition coefficient (Wildman–Crippen LogP) is 1.41. The van der Waals surface area contributed by atoms with Crippen LogP contribution in [0, 0.1) is 5.92 Å². The van der Waals surface area contributed by atoms with E-state index in [2.05, 4.69) is 16.4 Å².